The van der Waals surface area contributed by atoms with Gasteiger partial charge in [-0.05, 0) is 26.0 Å². The van der Waals surface area contributed by atoms with Crippen LogP contribution in [0.25, 0.3) is 0 Å². The summed E-state index contributed by atoms with van der Waals surface area (Å²) in [6.07, 6.45) is 1.64. The molecule has 0 aliphatic carbocycles. The number of hydrogen-bond donors (Lipinski definition) is 4. The number of terminal acetylenes is 1. The molecule has 0 bridgehead atoms. The first-order valence-corrected chi connectivity index (χ1v) is 12.4. The number of carbonyl (C=O) groups excluding carboxylic acids is 1. The van der Waals surface area contributed by atoms with E-state index < -0.39 is 61.7 Å². The van der Waals surface area contributed by atoms with Crippen molar-refractivity contribution in [2.75, 3.05) is 13.2 Å². The predicted molar refractivity (Wildman–Crippen MR) is 125 cm³/mol. The number of aliphatic hydroxyl groups excluding tert-OH is 1. The number of aromatic amines is 1. The van der Waals surface area contributed by atoms with Crippen molar-refractivity contribution < 1.29 is 38.1 Å². The maximum absolute atomic E-state index is 13.5. The van der Waals surface area contributed by atoms with Gasteiger partial charge >= 0.3 is 19.4 Å². The van der Waals surface area contributed by atoms with Crippen LogP contribution in [0.3, 0.4) is 0 Å². The number of esters is 1. The standard InChI is InChI=1S/C22H26N3O10P/c1-4-22(30)18(27)16(34-20(22)25-12-11-17(26)23-21(25)29)13-33-36(31,24-14(3)19(28)32-5-2)35-15-9-7-6-8-10-15/h1,6-12,14,16,18,20,27,30H,5,13H2,2-3H3,(H,24,31)(H,23,26,29)/t14-,16+,18+,20+,22+,36?/m0/s1. The van der Waals surface area contributed by atoms with Crippen LogP contribution in [0.1, 0.15) is 20.1 Å². The third-order valence-corrected chi connectivity index (χ3v) is 6.83. The largest absolute Gasteiger partial charge is 0.465 e. The molecule has 1 saturated heterocycles. The molecule has 194 valence electrons. The normalized spacial score (nSPS) is 25.9. The molecule has 4 N–H and O–H groups in total. The molecule has 14 heteroatoms. The lowest BCUT2D eigenvalue weighted by Crippen LogP contribution is -2.48. The highest BCUT2D eigenvalue weighted by atomic mass is 31.2. The highest BCUT2D eigenvalue weighted by molar-refractivity contribution is 7.52. The highest BCUT2D eigenvalue weighted by Crippen LogP contribution is 2.46. The fourth-order valence-corrected chi connectivity index (χ4v) is 4.89. The molecule has 0 amide bonds. The van der Waals surface area contributed by atoms with Crippen LogP contribution in [0.2, 0.25) is 0 Å². The van der Waals surface area contributed by atoms with E-state index in [1.54, 1.807) is 25.1 Å². The molecule has 1 aromatic carbocycles. The van der Waals surface area contributed by atoms with Crippen LogP contribution in [0.4, 0.5) is 0 Å². The van der Waals surface area contributed by atoms with Crippen molar-refractivity contribution in [3.63, 3.8) is 0 Å². The van der Waals surface area contributed by atoms with Crippen LogP contribution in [0, 0.1) is 12.3 Å². The third-order valence-electron chi connectivity index (χ3n) is 5.19. The van der Waals surface area contributed by atoms with Gasteiger partial charge in [0, 0.05) is 12.3 Å². The Kier molecular flexibility index (Phi) is 8.52. The van der Waals surface area contributed by atoms with Crippen molar-refractivity contribution in [3.8, 4) is 18.1 Å². The maximum Gasteiger partial charge on any atom is 0.459 e. The summed E-state index contributed by atoms with van der Waals surface area (Å²) in [7, 11) is -4.30. The Bertz CT molecular complexity index is 1270. The van der Waals surface area contributed by atoms with Gasteiger partial charge in [0.15, 0.2) is 11.8 Å². The molecule has 2 heterocycles. The van der Waals surface area contributed by atoms with Crippen LogP contribution in [-0.4, -0.2) is 62.8 Å². The molecular weight excluding hydrogens is 497 g/mol. The van der Waals surface area contributed by atoms with Crippen LogP contribution < -0.4 is 20.9 Å². The van der Waals surface area contributed by atoms with Crippen LogP contribution in [0.15, 0.2) is 52.2 Å². The number of aliphatic hydroxyl groups is 2. The molecule has 0 saturated carbocycles. The van der Waals surface area contributed by atoms with Crippen molar-refractivity contribution >= 4 is 13.7 Å². The Hall–Kier alpha value is -3.24. The van der Waals surface area contributed by atoms with E-state index in [0.29, 0.717) is 0 Å². The van der Waals surface area contributed by atoms with Crippen LogP contribution in [-0.2, 0) is 23.4 Å². The quantitative estimate of drug-likeness (QED) is 0.186. The topological polar surface area (TPSA) is 178 Å². The molecule has 1 unspecified atom stereocenters. The molecule has 1 aliphatic heterocycles. The highest BCUT2D eigenvalue weighted by Gasteiger charge is 2.56. The molecule has 3 rings (SSSR count). The molecule has 0 radical (unpaired) electrons. The second-order valence-corrected chi connectivity index (χ2v) is 9.45. The SMILES string of the molecule is C#C[C@@]1(O)[C@H](O)[C@@H](COP(=O)(N[C@@H](C)C(=O)OCC)Oc2ccccc2)O[C@H]1n1ccc(=O)[nH]c1=O. The lowest BCUT2D eigenvalue weighted by molar-refractivity contribution is -0.144. The lowest BCUT2D eigenvalue weighted by Gasteiger charge is -2.26. The van der Waals surface area contributed by atoms with Gasteiger partial charge in [-0.3, -0.25) is 23.7 Å². The number of hydrogen-bond acceptors (Lipinski definition) is 10. The number of nitrogens with zero attached hydrogens (tertiary/aromatic N) is 1. The average molecular weight is 523 g/mol. The summed E-state index contributed by atoms with van der Waals surface area (Å²) in [5.41, 5.74) is -4.05. The number of para-hydroxylation sites is 1. The summed E-state index contributed by atoms with van der Waals surface area (Å²) in [5.74, 6) is 1.44. The molecule has 36 heavy (non-hydrogen) atoms. The van der Waals surface area contributed by atoms with Crippen molar-refractivity contribution in [3.05, 3.63) is 63.4 Å². The third kappa shape index (κ3) is 5.93. The van der Waals surface area contributed by atoms with Gasteiger partial charge in [-0.15, -0.1) is 6.42 Å². The Morgan fingerprint density at radius 2 is 2.06 bits per heavy atom. The zero-order valence-electron chi connectivity index (χ0n) is 19.4. The fraction of sp³-hybridized carbons (Fsp3) is 0.409. The Morgan fingerprint density at radius 1 is 1.36 bits per heavy atom. The minimum absolute atomic E-state index is 0.0911. The van der Waals surface area contributed by atoms with Crippen molar-refractivity contribution in [1.29, 1.82) is 0 Å². The van der Waals surface area contributed by atoms with Crippen LogP contribution in [0.5, 0.6) is 5.75 Å². The first kappa shape index (κ1) is 27.3. The molecule has 0 spiro atoms. The minimum atomic E-state index is -4.30. The lowest BCUT2D eigenvalue weighted by atomic mass is 9.95. The summed E-state index contributed by atoms with van der Waals surface area (Å²) in [4.78, 5) is 37.7. The number of nitrogens with one attached hydrogen (secondary N) is 2. The molecule has 13 nitrogen and oxygen atoms in total. The van der Waals surface area contributed by atoms with Gasteiger partial charge in [-0.1, -0.05) is 24.1 Å². The van der Waals surface area contributed by atoms with Crippen molar-refractivity contribution in [2.45, 2.75) is 43.9 Å². The summed E-state index contributed by atoms with van der Waals surface area (Å²) >= 11 is 0. The van der Waals surface area contributed by atoms with Crippen LogP contribution >= 0.6 is 7.75 Å². The predicted octanol–water partition coefficient (Wildman–Crippen LogP) is -0.0959. The van der Waals surface area contributed by atoms with E-state index in [1.165, 1.54) is 19.1 Å². The van der Waals surface area contributed by atoms with Gasteiger partial charge in [0.2, 0.25) is 0 Å². The van der Waals surface area contributed by atoms with E-state index in [-0.39, 0.29) is 12.4 Å². The number of carbonyl (C=O) groups is 1. The summed E-state index contributed by atoms with van der Waals surface area (Å²) in [5, 5.41) is 24.1. The summed E-state index contributed by atoms with van der Waals surface area (Å²) in [6.45, 7) is 2.44. The van der Waals surface area contributed by atoms with Gasteiger partial charge in [0.1, 0.15) is 24.0 Å². The number of ether oxygens (including phenoxy) is 2. The molecule has 6 atom stereocenters. The van der Waals surface area contributed by atoms with Gasteiger partial charge in [0.25, 0.3) is 5.56 Å². The van der Waals surface area contributed by atoms with Gasteiger partial charge in [-0.25, -0.2) is 9.36 Å². The first-order valence-electron chi connectivity index (χ1n) is 10.8. The average Bonchev–Trinajstić information content (AvgIpc) is 3.09. The number of rotatable bonds is 10. The molecule has 1 aliphatic rings. The Morgan fingerprint density at radius 3 is 2.67 bits per heavy atom. The molecular formula is C22H26N3O10P. The summed E-state index contributed by atoms with van der Waals surface area (Å²) < 4.78 is 35.8. The number of aromatic nitrogens is 2. The molecule has 1 fully saturated rings. The smallest absolute Gasteiger partial charge is 0.459 e. The van der Waals surface area contributed by atoms with E-state index in [2.05, 4.69) is 5.09 Å². The van der Waals surface area contributed by atoms with E-state index in [4.69, 9.17) is 24.9 Å². The van der Waals surface area contributed by atoms with E-state index in [9.17, 15) is 29.2 Å². The first-order chi connectivity index (χ1) is 17.0. The number of H-pyrrole nitrogens is 1. The maximum atomic E-state index is 13.5. The Labute approximate surface area is 205 Å². The monoisotopic (exact) mass is 523 g/mol. The second kappa shape index (κ2) is 11.2. The summed E-state index contributed by atoms with van der Waals surface area (Å²) in [6, 6.07) is 7.85. The van der Waals surface area contributed by atoms with E-state index in [0.717, 1.165) is 16.8 Å². The van der Waals surface area contributed by atoms with Crippen molar-refractivity contribution in [2.24, 2.45) is 0 Å². The molecule has 2 aromatic rings. The van der Waals surface area contributed by atoms with Crippen molar-refractivity contribution in [1.82, 2.24) is 14.6 Å². The number of benzene rings is 1. The zero-order chi connectivity index (χ0) is 26.5. The van der Waals surface area contributed by atoms with Gasteiger partial charge in [-0.2, -0.15) is 5.09 Å². The van der Waals surface area contributed by atoms with E-state index in [1.807, 2.05) is 10.9 Å². The Balaban J connectivity index is 1.84. The van der Waals surface area contributed by atoms with Gasteiger partial charge in [0.05, 0.1) is 13.2 Å². The molecule has 1 aromatic heterocycles. The minimum Gasteiger partial charge on any atom is -0.465 e. The van der Waals surface area contributed by atoms with Gasteiger partial charge < -0.3 is 24.2 Å². The second-order valence-electron chi connectivity index (χ2n) is 7.76. The zero-order valence-corrected chi connectivity index (χ0v) is 20.3. The fourth-order valence-electron chi connectivity index (χ4n) is 3.39. The van der Waals surface area contributed by atoms with E-state index >= 15 is 0 Å².